The Bertz CT molecular complexity index is 940. The van der Waals surface area contributed by atoms with Gasteiger partial charge in [-0.2, -0.15) is 17.6 Å². The maximum absolute atomic E-state index is 14.3. The summed E-state index contributed by atoms with van der Waals surface area (Å²) in [7, 11) is 0. The van der Waals surface area contributed by atoms with Crippen molar-refractivity contribution in [3.05, 3.63) is 53.3 Å². The molecule has 2 amide bonds. The number of fused-ring (bicyclic) bond motifs is 2. The topological polar surface area (TPSA) is 55.8 Å². The molecule has 0 saturated carbocycles. The molecular weight excluding hydrogens is 365 g/mol. The lowest BCUT2D eigenvalue weighted by molar-refractivity contribution is -0.391. The van der Waals surface area contributed by atoms with Gasteiger partial charge in [0.25, 0.3) is 11.8 Å². The molecule has 0 saturated heterocycles. The molecule has 2 aromatic rings. The molecule has 5 nitrogen and oxygen atoms in total. The first kappa shape index (κ1) is 16.3. The van der Waals surface area contributed by atoms with Crippen LogP contribution in [-0.2, 0) is 0 Å². The summed E-state index contributed by atoms with van der Waals surface area (Å²) < 4.78 is 75.0. The molecule has 0 aliphatic carbocycles. The van der Waals surface area contributed by atoms with Crippen molar-refractivity contribution < 1.29 is 41.0 Å². The SMILES string of the molecule is O=C1c2ccccc2C(=O)N1c1cc2c(cc1F)OC(F)(F)C(F)(F)O2. The van der Waals surface area contributed by atoms with Crippen molar-refractivity contribution in [2.45, 2.75) is 12.2 Å². The number of hydrogen-bond donors (Lipinski definition) is 0. The molecule has 2 aliphatic heterocycles. The van der Waals surface area contributed by atoms with Crippen molar-refractivity contribution in [3.8, 4) is 11.5 Å². The van der Waals surface area contributed by atoms with Gasteiger partial charge in [-0.15, -0.1) is 0 Å². The minimum Gasteiger partial charge on any atom is -0.421 e. The molecule has 2 aliphatic rings. The monoisotopic (exact) mass is 371 g/mol. The smallest absolute Gasteiger partial charge is 0.421 e. The number of nitrogens with zero attached hydrogens (tertiary/aromatic N) is 1. The first-order valence-electron chi connectivity index (χ1n) is 7.07. The van der Waals surface area contributed by atoms with Gasteiger partial charge in [0.05, 0.1) is 16.8 Å². The van der Waals surface area contributed by atoms with Gasteiger partial charge in [-0.3, -0.25) is 9.59 Å². The maximum Gasteiger partial charge on any atom is 0.507 e. The van der Waals surface area contributed by atoms with Crippen LogP contribution in [0.4, 0.5) is 27.6 Å². The molecule has 134 valence electrons. The van der Waals surface area contributed by atoms with Crippen molar-refractivity contribution in [2.75, 3.05) is 4.90 Å². The molecule has 0 bridgehead atoms. The summed E-state index contributed by atoms with van der Waals surface area (Å²) in [6, 6.07) is 6.51. The number of carbonyl (C=O) groups excluding carboxylic acids is 2. The van der Waals surface area contributed by atoms with Gasteiger partial charge in [0.2, 0.25) is 0 Å². The normalized spacial score (nSPS) is 19.5. The largest absolute Gasteiger partial charge is 0.507 e. The molecular formula is C16H6F5NO4. The van der Waals surface area contributed by atoms with Crippen LogP contribution in [0, 0.1) is 5.82 Å². The van der Waals surface area contributed by atoms with E-state index in [1.807, 2.05) is 0 Å². The van der Waals surface area contributed by atoms with Gasteiger partial charge in [-0.25, -0.2) is 9.29 Å². The zero-order valence-electron chi connectivity index (χ0n) is 12.4. The summed E-state index contributed by atoms with van der Waals surface area (Å²) in [5.74, 6) is -5.01. The quantitative estimate of drug-likeness (QED) is 0.568. The molecule has 0 fully saturated rings. The summed E-state index contributed by atoms with van der Waals surface area (Å²) >= 11 is 0. The minimum absolute atomic E-state index is 0.0105. The van der Waals surface area contributed by atoms with Gasteiger partial charge >= 0.3 is 12.2 Å². The number of imide groups is 1. The molecule has 26 heavy (non-hydrogen) atoms. The van der Waals surface area contributed by atoms with Crippen LogP contribution in [0.5, 0.6) is 11.5 Å². The highest BCUT2D eigenvalue weighted by molar-refractivity contribution is 6.34. The van der Waals surface area contributed by atoms with Gasteiger partial charge in [0.15, 0.2) is 17.3 Å². The minimum atomic E-state index is -5.02. The molecule has 2 heterocycles. The summed E-state index contributed by atoms with van der Waals surface area (Å²) in [6.07, 6.45) is -10.0. The lowest BCUT2D eigenvalue weighted by atomic mass is 10.1. The highest BCUT2D eigenvalue weighted by atomic mass is 19.3. The Labute approximate surface area is 141 Å². The molecule has 2 aromatic carbocycles. The highest BCUT2D eigenvalue weighted by Crippen LogP contribution is 2.49. The Hall–Kier alpha value is -3.17. The van der Waals surface area contributed by atoms with E-state index >= 15 is 0 Å². The van der Waals surface area contributed by atoms with Crippen molar-refractivity contribution in [3.63, 3.8) is 0 Å². The Balaban J connectivity index is 1.81. The number of rotatable bonds is 1. The third kappa shape index (κ3) is 2.07. The van der Waals surface area contributed by atoms with Crippen LogP contribution in [-0.4, -0.2) is 24.0 Å². The van der Waals surface area contributed by atoms with Gasteiger partial charge in [0, 0.05) is 12.1 Å². The number of hydrogen-bond acceptors (Lipinski definition) is 4. The van der Waals surface area contributed by atoms with E-state index in [0.29, 0.717) is 17.0 Å². The standard InChI is InChI=1S/C16H6F5NO4/c17-9-5-11-12(26-16(20,21)15(18,19)25-11)6-10(9)22-13(23)7-3-1-2-4-8(7)14(22)24/h1-6H. The lowest BCUT2D eigenvalue weighted by Crippen LogP contribution is -2.52. The number of anilines is 1. The fourth-order valence-electron chi connectivity index (χ4n) is 2.66. The second kappa shape index (κ2) is 4.93. The second-order valence-corrected chi connectivity index (χ2v) is 5.48. The van der Waals surface area contributed by atoms with E-state index in [0.717, 1.165) is 0 Å². The van der Waals surface area contributed by atoms with Crippen LogP contribution < -0.4 is 14.4 Å². The van der Waals surface area contributed by atoms with Crippen LogP contribution in [0.3, 0.4) is 0 Å². The zero-order valence-corrected chi connectivity index (χ0v) is 12.4. The predicted molar refractivity (Wildman–Crippen MR) is 75.1 cm³/mol. The van der Waals surface area contributed by atoms with Crippen LogP contribution in [0.15, 0.2) is 36.4 Å². The van der Waals surface area contributed by atoms with Crippen LogP contribution in [0.2, 0.25) is 0 Å². The fraction of sp³-hybridized carbons (Fsp3) is 0.125. The molecule has 0 atom stereocenters. The van der Waals surface area contributed by atoms with E-state index in [1.165, 1.54) is 24.3 Å². The molecule has 4 rings (SSSR count). The van der Waals surface area contributed by atoms with Crippen molar-refractivity contribution in [1.29, 1.82) is 0 Å². The predicted octanol–water partition coefficient (Wildman–Crippen LogP) is 3.58. The molecule has 0 N–H and O–H groups in total. The molecule has 10 heteroatoms. The van der Waals surface area contributed by atoms with E-state index in [2.05, 4.69) is 9.47 Å². The molecule has 0 unspecified atom stereocenters. The average Bonchev–Trinajstić information content (AvgIpc) is 2.80. The van der Waals surface area contributed by atoms with Gasteiger partial charge in [-0.1, -0.05) is 12.1 Å². The number of benzene rings is 2. The van der Waals surface area contributed by atoms with Crippen LogP contribution in [0.25, 0.3) is 0 Å². The number of carbonyl (C=O) groups is 2. The van der Waals surface area contributed by atoms with Crippen molar-refractivity contribution in [2.24, 2.45) is 0 Å². The van der Waals surface area contributed by atoms with E-state index in [4.69, 9.17) is 0 Å². The second-order valence-electron chi connectivity index (χ2n) is 5.48. The van der Waals surface area contributed by atoms with E-state index in [1.54, 1.807) is 0 Å². The van der Waals surface area contributed by atoms with Gasteiger partial charge in [0.1, 0.15) is 0 Å². The first-order valence-corrected chi connectivity index (χ1v) is 7.07. The summed E-state index contributed by atoms with van der Waals surface area (Å²) in [4.78, 5) is 25.1. The Kier molecular flexibility index (Phi) is 3.09. The zero-order chi connectivity index (χ0) is 18.9. The van der Waals surface area contributed by atoms with Crippen molar-refractivity contribution >= 4 is 17.5 Å². The highest BCUT2D eigenvalue weighted by Gasteiger charge is 2.66. The number of amides is 2. The molecule has 0 spiro atoms. The molecule has 0 radical (unpaired) electrons. The Morgan fingerprint density at radius 2 is 1.27 bits per heavy atom. The van der Waals surface area contributed by atoms with E-state index < -0.39 is 47.0 Å². The third-order valence-corrected chi connectivity index (χ3v) is 3.86. The van der Waals surface area contributed by atoms with Gasteiger partial charge in [-0.05, 0) is 12.1 Å². The van der Waals surface area contributed by atoms with E-state index in [9.17, 15) is 31.5 Å². The van der Waals surface area contributed by atoms with E-state index in [-0.39, 0.29) is 11.1 Å². The van der Waals surface area contributed by atoms with Crippen molar-refractivity contribution in [1.82, 2.24) is 0 Å². The van der Waals surface area contributed by atoms with Crippen LogP contribution >= 0.6 is 0 Å². The fourth-order valence-corrected chi connectivity index (χ4v) is 2.66. The first-order chi connectivity index (χ1) is 12.1. The average molecular weight is 371 g/mol. The maximum atomic E-state index is 14.3. The summed E-state index contributed by atoms with van der Waals surface area (Å²) in [5, 5.41) is 0. The summed E-state index contributed by atoms with van der Waals surface area (Å²) in [5.41, 5.74) is -0.744. The summed E-state index contributed by atoms with van der Waals surface area (Å²) in [6.45, 7) is 0. The van der Waals surface area contributed by atoms with Crippen LogP contribution in [0.1, 0.15) is 20.7 Å². The Morgan fingerprint density at radius 1 is 0.808 bits per heavy atom. The number of ether oxygens (including phenoxy) is 2. The lowest BCUT2D eigenvalue weighted by Gasteiger charge is -2.32. The number of alkyl halides is 4. The van der Waals surface area contributed by atoms with Gasteiger partial charge < -0.3 is 9.47 Å². The Morgan fingerprint density at radius 3 is 1.77 bits per heavy atom. The number of halogens is 5. The third-order valence-electron chi connectivity index (χ3n) is 3.86. The molecule has 0 aromatic heterocycles.